The second-order valence-electron chi connectivity index (χ2n) is 5.07. The molecule has 136 valence electrons. The summed E-state index contributed by atoms with van der Waals surface area (Å²) in [5.74, 6) is 0.0444. The number of hydrazone groups is 1. The molecule has 0 radical (unpaired) electrons. The molecule has 26 heavy (non-hydrogen) atoms. The molecule has 0 spiro atoms. The Bertz CT molecular complexity index is 824. The summed E-state index contributed by atoms with van der Waals surface area (Å²) in [5.41, 5.74) is 3.33. The number of nitrogens with zero attached hydrogens (tertiary/aromatic N) is 1. The van der Waals surface area contributed by atoms with Crippen LogP contribution in [0.25, 0.3) is 0 Å². The van der Waals surface area contributed by atoms with Gasteiger partial charge in [-0.2, -0.15) is 5.10 Å². The van der Waals surface area contributed by atoms with Crippen LogP contribution in [0.2, 0.25) is 5.02 Å². The van der Waals surface area contributed by atoms with E-state index in [9.17, 15) is 9.59 Å². The van der Waals surface area contributed by atoms with Crippen LogP contribution in [0.1, 0.15) is 15.9 Å². The van der Waals surface area contributed by atoms with E-state index in [0.29, 0.717) is 27.6 Å². The maximum Gasteiger partial charge on any atom is 0.259 e. The maximum atomic E-state index is 12.1. The van der Waals surface area contributed by atoms with Gasteiger partial charge in [0.15, 0.2) is 11.5 Å². The van der Waals surface area contributed by atoms with Gasteiger partial charge >= 0.3 is 0 Å². The molecule has 7 nitrogen and oxygen atoms in total. The van der Waals surface area contributed by atoms with Gasteiger partial charge in [-0.1, -0.05) is 29.8 Å². The number of hydrogen-bond acceptors (Lipinski definition) is 5. The average Bonchev–Trinajstić information content (AvgIpc) is 2.67. The van der Waals surface area contributed by atoms with Gasteiger partial charge in [-0.25, -0.2) is 5.43 Å². The highest BCUT2D eigenvalue weighted by Gasteiger charge is 2.11. The van der Waals surface area contributed by atoms with Crippen molar-refractivity contribution < 1.29 is 19.1 Å². The van der Waals surface area contributed by atoms with Crippen molar-refractivity contribution in [2.24, 2.45) is 5.10 Å². The first kappa shape index (κ1) is 19.3. The zero-order valence-electron chi connectivity index (χ0n) is 14.3. The van der Waals surface area contributed by atoms with Gasteiger partial charge in [0.1, 0.15) is 0 Å². The van der Waals surface area contributed by atoms with Crippen LogP contribution < -0.4 is 20.2 Å². The van der Waals surface area contributed by atoms with Crippen molar-refractivity contribution in [2.45, 2.75) is 0 Å². The molecule has 0 aromatic heterocycles. The quantitative estimate of drug-likeness (QED) is 0.573. The van der Waals surface area contributed by atoms with Crippen LogP contribution in [0.4, 0.5) is 0 Å². The molecule has 0 fully saturated rings. The van der Waals surface area contributed by atoms with Crippen molar-refractivity contribution >= 4 is 29.6 Å². The highest BCUT2D eigenvalue weighted by molar-refractivity contribution is 6.33. The molecule has 2 rings (SSSR count). The third-order valence-corrected chi connectivity index (χ3v) is 3.70. The topological polar surface area (TPSA) is 89.0 Å². The largest absolute Gasteiger partial charge is 0.493 e. The van der Waals surface area contributed by atoms with Crippen LogP contribution in [0, 0.1) is 0 Å². The van der Waals surface area contributed by atoms with E-state index in [-0.39, 0.29) is 6.54 Å². The minimum Gasteiger partial charge on any atom is -0.493 e. The van der Waals surface area contributed by atoms with Gasteiger partial charge in [-0.3, -0.25) is 9.59 Å². The van der Waals surface area contributed by atoms with Crippen molar-refractivity contribution in [3.8, 4) is 11.5 Å². The van der Waals surface area contributed by atoms with E-state index >= 15 is 0 Å². The van der Waals surface area contributed by atoms with Crippen LogP contribution in [-0.4, -0.2) is 38.8 Å². The molecule has 0 saturated carbocycles. The number of hydrogen-bond donors (Lipinski definition) is 2. The Balaban J connectivity index is 1.87. The second-order valence-corrected chi connectivity index (χ2v) is 5.47. The zero-order valence-corrected chi connectivity index (χ0v) is 15.0. The van der Waals surface area contributed by atoms with Crippen molar-refractivity contribution in [2.75, 3.05) is 20.8 Å². The lowest BCUT2D eigenvalue weighted by Crippen LogP contribution is -2.34. The van der Waals surface area contributed by atoms with Crippen LogP contribution in [0.5, 0.6) is 11.5 Å². The molecule has 0 saturated heterocycles. The lowest BCUT2D eigenvalue weighted by atomic mass is 10.2. The number of carbonyl (C=O) groups is 2. The SMILES string of the molecule is COc1ccc(C(=O)NCC(=O)N/N=C\c2ccccc2Cl)cc1OC. The Morgan fingerprint density at radius 1 is 1.12 bits per heavy atom. The van der Waals surface area contributed by atoms with Crippen molar-refractivity contribution in [1.29, 1.82) is 0 Å². The predicted molar refractivity (Wildman–Crippen MR) is 99.1 cm³/mol. The molecular formula is C18H18ClN3O4. The van der Waals surface area contributed by atoms with Gasteiger partial charge in [0.05, 0.1) is 27.0 Å². The van der Waals surface area contributed by atoms with Gasteiger partial charge in [0.2, 0.25) is 0 Å². The summed E-state index contributed by atoms with van der Waals surface area (Å²) in [4.78, 5) is 23.9. The maximum absolute atomic E-state index is 12.1. The monoisotopic (exact) mass is 375 g/mol. The Morgan fingerprint density at radius 2 is 1.85 bits per heavy atom. The third kappa shape index (κ3) is 5.22. The Morgan fingerprint density at radius 3 is 2.54 bits per heavy atom. The van der Waals surface area contributed by atoms with Gasteiger partial charge in [-0.15, -0.1) is 0 Å². The van der Waals surface area contributed by atoms with Gasteiger partial charge in [0.25, 0.3) is 11.8 Å². The number of nitrogens with one attached hydrogen (secondary N) is 2. The first-order valence-electron chi connectivity index (χ1n) is 7.61. The number of ether oxygens (including phenoxy) is 2. The highest BCUT2D eigenvalue weighted by Crippen LogP contribution is 2.27. The minimum atomic E-state index is -0.470. The molecule has 0 unspecified atom stereocenters. The molecule has 8 heteroatoms. The van der Waals surface area contributed by atoms with E-state index < -0.39 is 11.8 Å². The van der Waals surface area contributed by atoms with E-state index in [1.807, 2.05) is 0 Å². The minimum absolute atomic E-state index is 0.229. The molecule has 0 aliphatic carbocycles. The van der Waals surface area contributed by atoms with E-state index in [2.05, 4.69) is 15.8 Å². The van der Waals surface area contributed by atoms with E-state index in [1.165, 1.54) is 26.5 Å². The second kappa shape index (κ2) is 9.43. The molecule has 0 atom stereocenters. The normalized spacial score (nSPS) is 10.4. The predicted octanol–water partition coefficient (Wildman–Crippen LogP) is 2.24. The average molecular weight is 376 g/mol. The molecule has 2 N–H and O–H groups in total. The van der Waals surface area contributed by atoms with Gasteiger partial charge in [0, 0.05) is 16.1 Å². The Labute approximate surface area is 155 Å². The summed E-state index contributed by atoms with van der Waals surface area (Å²) in [6, 6.07) is 11.8. The fourth-order valence-electron chi connectivity index (χ4n) is 2.03. The standard InChI is InChI=1S/C18H18ClN3O4/c1-25-15-8-7-12(9-16(15)26-2)18(24)20-11-17(23)22-21-10-13-5-3-4-6-14(13)19/h3-10H,11H2,1-2H3,(H,20,24)(H,22,23)/b21-10-. The van der Waals surface area contributed by atoms with E-state index in [4.69, 9.17) is 21.1 Å². The molecule has 0 aliphatic rings. The summed E-state index contributed by atoms with van der Waals surface area (Å²) in [6.07, 6.45) is 1.43. The van der Waals surface area contributed by atoms with Gasteiger partial charge < -0.3 is 14.8 Å². The van der Waals surface area contributed by atoms with Crippen LogP contribution in [-0.2, 0) is 4.79 Å². The summed E-state index contributed by atoms with van der Waals surface area (Å²) >= 11 is 5.98. The van der Waals surface area contributed by atoms with Crippen LogP contribution in [0.15, 0.2) is 47.6 Å². The van der Waals surface area contributed by atoms with Crippen molar-refractivity contribution in [1.82, 2.24) is 10.7 Å². The number of amides is 2. The van der Waals surface area contributed by atoms with E-state index in [1.54, 1.807) is 36.4 Å². The number of benzene rings is 2. The first-order chi connectivity index (χ1) is 12.5. The molecule has 0 aliphatic heterocycles. The molecule has 2 amide bonds. The Hall–Kier alpha value is -3.06. The first-order valence-corrected chi connectivity index (χ1v) is 7.99. The molecule has 2 aromatic carbocycles. The number of methoxy groups -OCH3 is 2. The van der Waals surface area contributed by atoms with Crippen LogP contribution in [0.3, 0.4) is 0 Å². The fourth-order valence-corrected chi connectivity index (χ4v) is 2.22. The Kier molecular flexibility index (Phi) is 6.99. The summed E-state index contributed by atoms with van der Waals surface area (Å²) < 4.78 is 10.3. The van der Waals surface area contributed by atoms with Gasteiger partial charge in [-0.05, 0) is 24.3 Å². The third-order valence-electron chi connectivity index (χ3n) is 3.35. The molecule has 0 bridgehead atoms. The zero-order chi connectivity index (χ0) is 18.9. The smallest absolute Gasteiger partial charge is 0.259 e. The molecule has 0 heterocycles. The summed E-state index contributed by atoms with van der Waals surface area (Å²) in [5, 5.41) is 6.83. The van der Waals surface area contributed by atoms with Crippen molar-refractivity contribution in [3.63, 3.8) is 0 Å². The number of carbonyl (C=O) groups excluding carboxylic acids is 2. The summed E-state index contributed by atoms with van der Waals surface area (Å²) in [6.45, 7) is -0.229. The van der Waals surface area contributed by atoms with Crippen molar-refractivity contribution in [3.05, 3.63) is 58.6 Å². The highest BCUT2D eigenvalue weighted by atomic mass is 35.5. The van der Waals surface area contributed by atoms with E-state index in [0.717, 1.165) is 0 Å². The molecular weight excluding hydrogens is 358 g/mol. The fraction of sp³-hybridized carbons (Fsp3) is 0.167. The molecule has 2 aromatic rings. The lowest BCUT2D eigenvalue weighted by molar-refractivity contribution is -0.120. The van der Waals surface area contributed by atoms with Crippen LogP contribution >= 0.6 is 11.6 Å². The number of rotatable bonds is 7. The summed E-state index contributed by atoms with van der Waals surface area (Å²) in [7, 11) is 2.98. The lowest BCUT2D eigenvalue weighted by Gasteiger charge is -2.09. The number of halogens is 1.